The standard InChI is InChI=1S/2H2I2.2I2.2HI.3Sn/c4*1-2;;;;;/h2*1-2H;;;2*1H;;;/q2*+2;;;;;;;+2/p-2. The van der Waals surface area contributed by atoms with Gasteiger partial charge in [-0.15, -0.1) is 0 Å². The largest absolute Gasteiger partial charge is 0 e. The molecule has 0 rings (SSSR count). The Morgan fingerprint density at radius 3 is 0.615 bits per heavy atom. The Hall–Kier alpha value is 9.70. The first kappa shape index (κ1) is 43.4. The molecule has 0 aromatic carbocycles. The number of hydrogen-bond donors (Lipinski definition) is 0. The van der Waals surface area contributed by atoms with Crippen molar-refractivity contribution in [2.75, 3.05) is 0 Å². The van der Waals surface area contributed by atoms with Crippen LogP contribution in [0.15, 0.2) is 0 Å². The number of halogens is 10. The zero-order valence-corrected chi connectivity index (χ0v) is 36.2. The fourth-order valence-electron chi connectivity index (χ4n) is 0. The van der Waals surface area contributed by atoms with Crippen molar-refractivity contribution < 1.29 is 74.5 Å². The van der Waals surface area contributed by atoms with Gasteiger partial charge in [0.15, 0.2) is 0 Å². The van der Waals surface area contributed by atoms with Crippen molar-refractivity contribution in [1.29, 1.82) is 0 Å². The summed E-state index contributed by atoms with van der Waals surface area (Å²) in [6, 6.07) is 0. The zero-order chi connectivity index (χ0) is 10.7. The Kier molecular flexibility index (Phi) is 271. The molecule has 0 N–H and O–H groups in total. The van der Waals surface area contributed by atoms with Crippen molar-refractivity contribution in [1.82, 2.24) is 0 Å². The van der Waals surface area contributed by atoms with Gasteiger partial charge < -0.3 is 0 Å². The van der Waals surface area contributed by atoms with Crippen LogP contribution < -0.4 is 74.5 Å². The van der Waals surface area contributed by atoms with E-state index in [-0.39, 0.29) is 61.0 Å². The van der Waals surface area contributed by atoms with Gasteiger partial charge in [-0.1, -0.05) is 0 Å². The summed E-state index contributed by atoms with van der Waals surface area (Å²) in [6.07, 6.45) is 0. The van der Waals surface area contributed by atoms with Crippen LogP contribution in [0.3, 0.4) is 0 Å². The minimum absolute atomic E-state index is 0. The van der Waals surface area contributed by atoms with E-state index in [0.717, 1.165) is 0 Å². The van der Waals surface area contributed by atoms with Gasteiger partial charge >= 0.3 is 125 Å². The molecule has 0 amide bonds. The van der Waals surface area contributed by atoms with Gasteiger partial charge in [0.1, 0.15) is 0 Å². The second kappa shape index (κ2) is 81.2. The average Bonchev–Trinajstić information content (AvgIpc) is 2.18. The minimum atomic E-state index is 0. The predicted molar refractivity (Wildman–Crippen MR) is 107 cm³/mol. The molecule has 0 aromatic heterocycles. The molecule has 0 heterocycles. The van der Waals surface area contributed by atoms with Crippen molar-refractivity contribution in [3.8, 4) is 0 Å². The van der Waals surface area contributed by atoms with Gasteiger partial charge in [0.2, 0.25) is 0 Å². The molecule has 0 saturated heterocycles. The number of hydrogen-bond acceptors (Lipinski definition) is 0. The summed E-state index contributed by atoms with van der Waals surface area (Å²) >= 11 is 21.4. The van der Waals surface area contributed by atoms with E-state index >= 15 is 0 Å². The summed E-state index contributed by atoms with van der Waals surface area (Å²) in [6.45, 7) is 0. The molecule has 13 heteroatoms. The van der Waals surface area contributed by atoms with Gasteiger partial charge in [-0.3, -0.25) is 0 Å². The van der Waals surface area contributed by atoms with E-state index < -0.39 is 0 Å². The molecule has 82 valence electrons. The molecule has 0 nitrogen and oxygen atoms in total. The monoisotopic (exact) mass is 1630 g/mol. The van der Waals surface area contributed by atoms with Crippen LogP contribution >= 0.6 is 112 Å². The topological polar surface area (TPSA) is 0 Å². The molecule has 0 aliphatic carbocycles. The minimum Gasteiger partial charge on any atom is 0 e. The van der Waals surface area contributed by atoms with E-state index in [1.807, 2.05) is 74.5 Å². The van der Waals surface area contributed by atoms with E-state index in [2.05, 4.69) is 112 Å². The molecule has 0 bridgehead atoms. The molecule has 0 saturated carbocycles. The Balaban J connectivity index is -0.00000000676. The molecule has 0 aromatic rings. The molecular formula is H4I10Sn3+4. The van der Waals surface area contributed by atoms with Crippen molar-refractivity contribution >= 4 is 173 Å². The van der Waals surface area contributed by atoms with Crippen LogP contribution in [0.2, 0.25) is 0 Å². The first-order valence-electron chi connectivity index (χ1n) is 0.997. The van der Waals surface area contributed by atoms with E-state index in [1.165, 1.54) is 0 Å². The van der Waals surface area contributed by atoms with Crippen LogP contribution in [-0.2, 0) is 0 Å². The molecule has 0 atom stereocenters. The van der Waals surface area contributed by atoms with E-state index in [9.17, 15) is 0 Å². The third kappa shape index (κ3) is 89.5. The normalized spacial score (nSPS) is 3.23. The fourth-order valence-corrected chi connectivity index (χ4v) is 0. The third-order valence-electron chi connectivity index (χ3n) is 0. The second-order valence-electron chi connectivity index (χ2n) is 0.0714. The van der Waals surface area contributed by atoms with Gasteiger partial charge in [0.05, 0.1) is 0 Å². The van der Waals surface area contributed by atoms with Crippen LogP contribution in [0.25, 0.3) is 0 Å². The molecular weight excluding hydrogens is 1630 g/mol. The average molecular weight is 1630 g/mol. The van der Waals surface area contributed by atoms with Gasteiger partial charge in [-0.05, 0) is 0 Å². The summed E-state index contributed by atoms with van der Waals surface area (Å²) in [5, 5.41) is 0. The van der Waals surface area contributed by atoms with Crippen molar-refractivity contribution in [2.45, 2.75) is 0 Å². The smallest absolute Gasteiger partial charge is 0 e. The van der Waals surface area contributed by atoms with Crippen molar-refractivity contribution in [3.05, 3.63) is 0 Å². The zero-order valence-electron chi connectivity index (χ0n) is 5.40. The summed E-state index contributed by atoms with van der Waals surface area (Å²) in [7, 11) is 0. The van der Waals surface area contributed by atoms with Crippen molar-refractivity contribution in [3.63, 3.8) is 0 Å². The fraction of sp³-hybridized carbons (Fsp3) is 0. The van der Waals surface area contributed by atoms with Gasteiger partial charge in [-0.2, -0.15) is 0 Å². The summed E-state index contributed by atoms with van der Waals surface area (Å²) in [5.41, 5.74) is 0. The summed E-state index contributed by atoms with van der Waals surface area (Å²) in [4.78, 5) is 0. The van der Waals surface area contributed by atoms with Crippen molar-refractivity contribution in [2.24, 2.45) is 0 Å². The van der Waals surface area contributed by atoms with Gasteiger partial charge in [0, 0.05) is 122 Å². The van der Waals surface area contributed by atoms with Crippen LogP contribution in [0.4, 0.5) is 0 Å². The predicted octanol–water partition coefficient (Wildman–Crippen LogP) is -8.88. The Morgan fingerprint density at radius 2 is 0.615 bits per heavy atom. The quantitative estimate of drug-likeness (QED) is 0.168. The Morgan fingerprint density at radius 1 is 0.615 bits per heavy atom. The maximum atomic E-state index is 2.45. The first-order chi connectivity index (χ1) is 5.41. The third-order valence-corrected chi connectivity index (χ3v) is 0. The van der Waals surface area contributed by atoms with Gasteiger partial charge in [-0.25, -0.2) is 0 Å². The van der Waals surface area contributed by atoms with E-state index in [0.29, 0.717) is 0 Å². The molecule has 10 radical (unpaired) electrons. The first-order valence-corrected chi connectivity index (χ1v) is 44.9. The van der Waals surface area contributed by atoms with Crippen LogP contribution in [0, 0.1) is 0 Å². The molecule has 0 fully saturated rings. The maximum absolute atomic E-state index is 2.45. The van der Waals surface area contributed by atoms with Gasteiger partial charge in [0.25, 0.3) is 0 Å². The van der Waals surface area contributed by atoms with Crippen LogP contribution in [0.1, 0.15) is 0 Å². The van der Waals surface area contributed by atoms with E-state index in [1.54, 1.807) is 0 Å². The molecule has 13 heavy (non-hydrogen) atoms. The SMILES string of the molecule is II.II.[IH+][IH+].[IH+][IH+].[I][Sn][I].[Sn].[Sn]. The maximum Gasteiger partial charge on any atom is 0 e. The summed E-state index contributed by atoms with van der Waals surface area (Å²) < 4.78 is 0. The molecule has 0 aliphatic rings. The molecule has 0 spiro atoms. The molecule has 0 aliphatic heterocycles. The summed E-state index contributed by atoms with van der Waals surface area (Å²) in [5.74, 6) is 0. The van der Waals surface area contributed by atoms with E-state index in [4.69, 9.17) is 0 Å². The Bertz CT molecular complexity index is 10.1. The Labute approximate surface area is 238 Å². The van der Waals surface area contributed by atoms with Crippen LogP contribution in [-0.4, -0.2) is 61.0 Å². The molecule has 0 unspecified atom stereocenters. The second-order valence-corrected chi connectivity index (χ2v) is 21.6. The van der Waals surface area contributed by atoms with Crippen LogP contribution in [0.5, 0.6) is 0 Å². The number of rotatable bonds is 0.